The molecule has 0 unspecified atom stereocenters. The zero-order chi connectivity index (χ0) is 19.5. The van der Waals surface area contributed by atoms with Crippen molar-refractivity contribution in [3.8, 4) is 11.4 Å². The number of phenolic OH excluding ortho intramolecular Hbond substituents is 1. The number of carbonyl (C=O) groups excluding carboxylic acids is 1. The van der Waals surface area contributed by atoms with Crippen LogP contribution >= 0.6 is 22.6 Å². The van der Waals surface area contributed by atoms with Gasteiger partial charge in [0.15, 0.2) is 0 Å². The number of hydrogen-bond acceptors (Lipinski definition) is 3. The molecule has 1 aromatic heterocycles. The fourth-order valence-corrected chi connectivity index (χ4v) is 3.32. The summed E-state index contributed by atoms with van der Waals surface area (Å²) in [6.45, 7) is 0. The molecule has 3 aromatic carbocycles. The van der Waals surface area contributed by atoms with E-state index < -0.39 is 5.91 Å². The number of hydrazone groups is 1. The number of nitrogens with one attached hydrogen (secondary N) is 1. The van der Waals surface area contributed by atoms with Crippen molar-refractivity contribution < 1.29 is 9.90 Å². The fourth-order valence-electron chi connectivity index (χ4n) is 2.96. The highest BCUT2D eigenvalue weighted by atomic mass is 127. The molecule has 4 rings (SSSR count). The van der Waals surface area contributed by atoms with Gasteiger partial charge in [-0.25, -0.2) is 5.43 Å². The number of fused-ring (bicyclic) bond motifs is 1. The molecule has 0 spiro atoms. The normalized spacial score (nSPS) is 11.2. The molecule has 4 aromatic rings. The molecule has 2 N–H and O–H groups in total. The number of carbonyl (C=O) groups is 1. The second-order valence-electron chi connectivity index (χ2n) is 6.20. The summed E-state index contributed by atoms with van der Waals surface area (Å²) in [5.41, 5.74) is 4.50. The van der Waals surface area contributed by atoms with E-state index in [4.69, 9.17) is 0 Å². The van der Waals surface area contributed by atoms with Gasteiger partial charge in [-0.1, -0.05) is 24.3 Å². The molecule has 0 radical (unpaired) electrons. The Bertz CT molecular complexity index is 1180. The summed E-state index contributed by atoms with van der Waals surface area (Å²) in [4.78, 5) is 12.4. The van der Waals surface area contributed by atoms with E-state index in [0.717, 1.165) is 25.7 Å². The Morgan fingerprint density at radius 1 is 1.00 bits per heavy atom. The first-order valence-electron chi connectivity index (χ1n) is 8.60. The number of phenols is 1. The molecule has 1 heterocycles. The molecular weight excluding hydrogens is 465 g/mol. The van der Waals surface area contributed by atoms with Crippen LogP contribution in [0.2, 0.25) is 0 Å². The second-order valence-corrected chi connectivity index (χ2v) is 7.44. The van der Waals surface area contributed by atoms with Gasteiger partial charge in [0.25, 0.3) is 5.91 Å². The lowest BCUT2D eigenvalue weighted by Gasteiger charge is -2.07. The first-order chi connectivity index (χ1) is 13.6. The van der Waals surface area contributed by atoms with E-state index in [1.807, 2.05) is 71.4 Å². The van der Waals surface area contributed by atoms with Gasteiger partial charge in [0, 0.05) is 15.5 Å². The number of rotatable bonds is 4. The van der Waals surface area contributed by atoms with Crippen LogP contribution < -0.4 is 5.43 Å². The third-order valence-corrected chi connectivity index (χ3v) is 5.08. The predicted octanol–water partition coefficient (Wildman–Crippen LogP) is 4.70. The topological polar surface area (TPSA) is 66.6 Å². The van der Waals surface area contributed by atoms with E-state index in [1.165, 1.54) is 0 Å². The number of aromatic hydroxyl groups is 1. The third-order valence-electron chi connectivity index (χ3n) is 4.36. The largest absolute Gasteiger partial charge is 0.507 e. The minimum Gasteiger partial charge on any atom is -0.507 e. The van der Waals surface area contributed by atoms with Gasteiger partial charge in [0.2, 0.25) is 0 Å². The van der Waals surface area contributed by atoms with E-state index in [2.05, 4.69) is 33.1 Å². The molecule has 0 saturated carbocycles. The van der Waals surface area contributed by atoms with Crippen molar-refractivity contribution in [3.05, 3.63) is 93.8 Å². The van der Waals surface area contributed by atoms with Crippen LogP contribution in [0.15, 0.2) is 84.1 Å². The molecule has 0 fully saturated rings. The van der Waals surface area contributed by atoms with Gasteiger partial charge in [0.1, 0.15) is 5.75 Å². The quantitative estimate of drug-likeness (QED) is 0.252. The third kappa shape index (κ3) is 3.77. The maximum atomic E-state index is 12.4. The lowest BCUT2D eigenvalue weighted by atomic mass is 10.1. The molecule has 0 saturated heterocycles. The molecule has 1 amide bonds. The zero-order valence-corrected chi connectivity index (χ0v) is 16.9. The number of benzene rings is 3. The molecule has 5 nitrogen and oxygen atoms in total. The molecule has 6 heteroatoms. The lowest BCUT2D eigenvalue weighted by Crippen LogP contribution is -2.18. The Morgan fingerprint density at radius 3 is 2.46 bits per heavy atom. The molecule has 0 aliphatic heterocycles. The highest BCUT2D eigenvalue weighted by Gasteiger charge is 2.12. The van der Waals surface area contributed by atoms with Crippen LogP contribution in [0.5, 0.6) is 5.75 Å². The van der Waals surface area contributed by atoms with Crippen LogP contribution in [0.1, 0.15) is 16.1 Å². The molecule has 0 aliphatic rings. The Morgan fingerprint density at radius 2 is 1.71 bits per heavy atom. The van der Waals surface area contributed by atoms with Gasteiger partial charge in [0.05, 0.1) is 17.5 Å². The van der Waals surface area contributed by atoms with E-state index >= 15 is 0 Å². The van der Waals surface area contributed by atoms with Gasteiger partial charge in [-0.3, -0.25) is 4.79 Å². The Kier molecular flexibility index (Phi) is 5.12. The highest BCUT2D eigenvalue weighted by molar-refractivity contribution is 14.1. The standard InChI is InChI=1S/C22H16IN3O2/c23-17-7-9-18(10-8-17)26-11-3-6-19(26)14-24-25-22(28)20-12-15-4-1-2-5-16(15)13-21(20)27/h1-14,27H,(H,25,28). The van der Waals surface area contributed by atoms with Crippen molar-refractivity contribution in [3.63, 3.8) is 0 Å². The summed E-state index contributed by atoms with van der Waals surface area (Å²) in [5, 5.41) is 16.0. The number of aromatic nitrogens is 1. The number of hydrogen-bond donors (Lipinski definition) is 2. The fraction of sp³-hybridized carbons (Fsp3) is 0. The molecular formula is C22H16IN3O2. The monoisotopic (exact) mass is 481 g/mol. The van der Waals surface area contributed by atoms with Crippen LogP contribution in [0, 0.1) is 3.57 Å². The predicted molar refractivity (Wildman–Crippen MR) is 119 cm³/mol. The molecule has 28 heavy (non-hydrogen) atoms. The van der Waals surface area contributed by atoms with E-state index in [1.54, 1.807) is 18.3 Å². The van der Waals surface area contributed by atoms with Crippen molar-refractivity contribution in [2.24, 2.45) is 5.10 Å². The van der Waals surface area contributed by atoms with Crippen LogP contribution in [-0.4, -0.2) is 21.8 Å². The minimum absolute atomic E-state index is 0.0753. The molecule has 138 valence electrons. The Labute approximate surface area is 175 Å². The minimum atomic E-state index is -0.466. The summed E-state index contributed by atoms with van der Waals surface area (Å²) in [6.07, 6.45) is 3.51. The summed E-state index contributed by atoms with van der Waals surface area (Å²) >= 11 is 2.26. The Balaban J connectivity index is 1.53. The second kappa shape index (κ2) is 7.85. The van der Waals surface area contributed by atoms with Gasteiger partial charge in [-0.2, -0.15) is 5.10 Å². The number of amides is 1. The Hall–Kier alpha value is -3.13. The summed E-state index contributed by atoms with van der Waals surface area (Å²) in [5.74, 6) is -0.541. The van der Waals surface area contributed by atoms with Crippen molar-refractivity contribution in [2.45, 2.75) is 0 Å². The van der Waals surface area contributed by atoms with E-state index in [-0.39, 0.29) is 11.3 Å². The molecule has 0 atom stereocenters. The first kappa shape index (κ1) is 18.2. The SMILES string of the molecule is O=C(NN=Cc1cccn1-c1ccc(I)cc1)c1cc2ccccc2cc1O. The number of nitrogens with zero attached hydrogens (tertiary/aromatic N) is 2. The maximum Gasteiger partial charge on any atom is 0.275 e. The zero-order valence-electron chi connectivity index (χ0n) is 14.7. The molecule has 0 aliphatic carbocycles. The maximum absolute atomic E-state index is 12.4. The van der Waals surface area contributed by atoms with Crippen molar-refractivity contribution >= 4 is 45.5 Å². The van der Waals surface area contributed by atoms with Crippen LogP contribution in [0.3, 0.4) is 0 Å². The van der Waals surface area contributed by atoms with Crippen LogP contribution in [0.4, 0.5) is 0 Å². The van der Waals surface area contributed by atoms with Crippen molar-refractivity contribution in [1.29, 1.82) is 0 Å². The first-order valence-corrected chi connectivity index (χ1v) is 9.68. The van der Waals surface area contributed by atoms with Crippen LogP contribution in [0.25, 0.3) is 16.5 Å². The number of halogens is 1. The molecule has 0 bridgehead atoms. The average molecular weight is 481 g/mol. The van der Waals surface area contributed by atoms with Crippen molar-refractivity contribution in [2.75, 3.05) is 0 Å². The van der Waals surface area contributed by atoms with Gasteiger partial charge in [-0.05, 0) is 81.9 Å². The van der Waals surface area contributed by atoms with E-state index in [0.29, 0.717) is 0 Å². The van der Waals surface area contributed by atoms with Gasteiger partial charge in [-0.15, -0.1) is 0 Å². The van der Waals surface area contributed by atoms with Crippen molar-refractivity contribution in [1.82, 2.24) is 9.99 Å². The van der Waals surface area contributed by atoms with Crippen LogP contribution in [-0.2, 0) is 0 Å². The van der Waals surface area contributed by atoms with Gasteiger partial charge >= 0.3 is 0 Å². The summed E-state index contributed by atoms with van der Waals surface area (Å²) < 4.78 is 3.13. The lowest BCUT2D eigenvalue weighted by molar-refractivity contribution is 0.0952. The van der Waals surface area contributed by atoms with Gasteiger partial charge < -0.3 is 9.67 Å². The summed E-state index contributed by atoms with van der Waals surface area (Å²) in [6, 6.07) is 22.7. The smallest absolute Gasteiger partial charge is 0.275 e. The summed E-state index contributed by atoms with van der Waals surface area (Å²) in [7, 11) is 0. The van der Waals surface area contributed by atoms with E-state index in [9.17, 15) is 9.90 Å². The average Bonchev–Trinajstić information content (AvgIpc) is 3.16. The highest BCUT2D eigenvalue weighted by Crippen LogP contribution is 2.24.